The van der Waals surface area contributed by atoms with Crippen LogP contribution in [0.3, 0.4) is 0 Å². The van der Waals surface area contributed by atoms with Crippen LogP contribution in [0.1, 0.15) is 119 Å². The minimum Gasteiger partial charge on any atom is -0.355 e. The van der Waals surface area contributed by atoms with Gasteiger partial charge in [0.15, 0.2) is 0 Å². The Balaban J connectivity index is 1.67. The monoisotopic (exact) mass is 417 g/mol. The van der Waals surface area contributed by atoms with Crippen LogP contribution in [-0.4, -0.2) is 12.5 Å². The lowest BCUT2D eigenvalue weighted by Crippen LogP contribution is -2.56. The Kier molecular flexibility index (Phi) is 8.00. The summed E-state index contributed by atoms with van der Waals surface area (Å²) >= 11 is 0. The summed E-state index contributed by atoms with van der Waals surface area (Å²) < 4.78 is 0. The number of carbonyl (C=O) groups excluding carboxylic acids is 1. The summed E-state index contributed by atoms with van der Waals surface area (Å²) in [5.74, 6) is 5.01. The molecule has 0 aromatic heterocycles. The molecule has 7 atom stereocenters. The molecule has 30 heavy (non-hydrogen) atoms. The van der Waals surface area contributed by atoms with Crippen molar-refractivity contribution >= 4 is 5.91 Å². The van der Waals surface area contributed by atoms with Crippen LogP contribution in [0.2, 0.25) is 0 Å². The van der Waals surface area contributed by atoms with Crippen LogP contribution in [-0.2, 0) is 4.79 Å². The molecule has 0 spiro atoms. The average molecular weight is 418 g/mol. The molecule has 2 nitrogen and oxygen atoms in total. The fraction of sp³-hybridized carbons (Fsp3) is 0.964. The van der Waals surface area contributed by atoms with E-state index in [9.17, 15) is 4.79 Å². The van der Waals surface area contributed by atoms with E-state index in [1.165, 1.54) is 64.2 Å². The molecule has 3 aliphatic carbocycles. The van der Waals surface area contributed by atoms with Crippen molar-refractivity contribution in [3.05, 3.63) is 0 Å². The molecule has 0 aliphatic heterocycles. The maximum atomic E-state index is 12.9. The third-order valence-electron chi connectivity index (χ3n) is 10.2. The Morgan fingerprint density at radius 3 is 2.50 bits per heavy atom. The van der Waals surface area contributed by atoms with Crippen molar-refractivity contribution in [3.8, 4) is 0 Å². The van der Waals surface area contributed by atoms with Crippen LogP contribution in [0.4, 0.5) is 0 Å². The maximum Gasteiger partial charge on any atom is 0.223 e. The largest absolute Gasteiger partial charge is 0.355 e. The molecule has 0 heterocycles. The number of hydrogen-bond acceptors (Lipinski definition) is 1. The lowest BCUT2D eigenvalue weighted by molar-refractivity contribution is -0.133. The van der Waals surface area contributed by atoms with E-state index in [4.69, 9.17) is 0 Å². The minimum atomic E-state index is 0.213. The summed E-state index contributed by atoms with van der Waals surface area (Å²) in [7, 11) is 0. The predicted octanol–water partition coefficient (Wildman–Crippen LogP) is 7.61. The highest BCUT2D eigenvalue weighted by atomic mass is 16.1. The summed E-state index contributed by atoms with van der Waals surface area (Å²) in [6.45, 7) is 15.3. The van der Waals surface area contributed by atoms with E-state index >= 15 is 0 Å². The van der Waals surface area contributed by atoms with Gasteiger partial charge in [0.1, 0.15) is 0 Å². The second-order valence-electron chi connectivity index (χ2n) is 12.3. The molecule has 0 radical (unpaired) electrons. The van der Waals surface area contributed by atoms with Gasteiger partial charge in [-0.25, -0.2) is 0 Å². The molecular weight excluding hydrogens is 366 g/mol. The molecular formula is C28H51NO. The van der Waals surface area contributed by atoms with Crippen molar-refractivity contribution in [1.82, 2.24) is 5.32 Å². The van der Waals surface area contributed by atoms with E-state index in [1.807, 2.05) is 0 Å². The molecule has 1 N–H and O–H groups in total. The molecule has 3 aliphatic rings. The Hall–Kier alpha value is -0.530. The highest BCUT2D eigenvalue weighted by molar-refractivity contribution is 5.78. The third-order valence-corrected chi connectivity index (χ3v) is 10.2. The number of rotatable bonds is 8. The Bertz CT molecular complexity index is 571. The van der Waals surface area contributed by atoms with Crippen molar-refractivity contribution in [1.29, 1.82) is 0 Å². The Morgan fingerprint density at radius 2 is 1.83 bits per heavy atom. The van der Waals surface area contributed by atoms with E-state index in [2.05, 4.69) is 46.9 Å². The molecule has 0 saturated heterocycles. The van der Waals surface area contributed by atoms with Gasteiger partial charge in [0.2, 0.25) is 5.91 Å². The van der Waals surface area contributed by atoms with Gasteiger partial charge < -0.3 is 5.32 Å². The van der Waals surface area contributed by atoms with Crippen molar-refractivity contribution in [2.75, 3.05) is 6.54 Å². The second kappa shape index (κ2) is 9.95. The molecule has 0 aromatic rings. The lowest BCUT2D eigenvalue weighted by atomic mass is 9.43. The first-order chi connectivity index (χ1) is 14.2. The van der Waals surface area contributed by atoms with Crippen molar-refractivity contribution in [2.45, 2.75) is 119 Å². The van der Waals surface area contributed by atoms with Gasteiger partial charge in [0.25, 0.3) is 0 Å². The molecule has 174 valence electrons. The molecule has 3 saturated carbocycles. The Morgan fingerprint density at radius 1 is 1.07 bits per heavy atom. The molecule has 0 aromatic carbocycles. The van der Waals surface area contributed by atoms with Gasteiger partial charge in [-0.05, 0) is 98.2 Å². The van der Waals surface area contributed by atoms with Gasteiger partial charge >= 0.3 is 0 Å². The molecule has 6 unspecified atom stereocenters. The first-order valence-corrected chi connectivity index (χ1v) is 13.5. The van der Waals surface area contributed by atoms with E-state index in [1.54, 1.807) is 0 Å². The SMILES string of the molecule is CCCCC(CC)C(=O)NCC1(C)CCC[C@]2(C)C3CCC(C(C)C)CC3CCC12. The molecule has 3 fully saturated rings. The number of carbonyl (C=O) groups is 1. The number of unbranched alkanes of at least 4 members (excludes halogenated alkanes) is 1. The van der Waals surface area contributed by atoms with Crippen LogP contribution in [0.15, 0.2) is 0 Å². The van der Waals surface area contributed by atoms with Crippen LogP contribution in [0.25, 0.3) is 0 Å². The number of nitrogens with one attached hydrogen (secondary N) is 1. The van der Waals surface area contributed by atoms with E-state index < -0.39 is 0 Å². The number of hydrogen-bond donors (Lipinski definition) is 1. The van der Waals surface area contributed by atoms with Crippen LogP contribution >= 0.6 is 0 Å². The highest BCUT2D eigenvalue weighted by Crippen LogP contribution is 2.64. The van der Waals surface area contributed by atoms with Crippen molar-refractivity contribution in [3.63, 3.8) is 0 Å². The van der Waals surface area contributed by atoms with Crippen LogP contribution in [0.5, 0.6) is 0 Å². The minimum absolute atomic E-state index is 0.213. The normalized spacial score (nSPS) is 39.8. The molecule has 0 bridgehead atoms. The average Bonchev–Trinajstić information content (AvgIpc) is 2.72. The van der Waals surface area contributed by atoms with E-state index in [-0.39, 0.29) is 11.3 Å². The quantitative estimate of drug-likeness (QED) is 0.432. The van der Waals surface area contributed by atoms with Crippen LogP contribution < -0.4 is 5.32 Å². The van der Waals surface area contributed by atoms with Crippen molar-refractivity contribution < 1.29 is 4.79 Å². The topological polar surface area (TPSA) is 29.1 Å². The standard InChI is InChI=1S/C28H51NO/c1-7-9-11-21(8-2)26(30)29-19-27(5)16-10-17-28(6)24-14-12-22(20(3)4)18-23(24)13-15-25(27)28/h20-25H,7-19H2,1-6H3,(H,29,30)/t21?,22?,23?,24?,25?,27?,28-/m1/s1. The highest BCUT2D eigenvalue weighted by Gasteiger charge is 2.56. The maximum absolute atomic E-state index is 12.9. The summed E-state index contributed by atoms with van der Waals surface area (Å²) in [4.78, 5) is 12.9. The molecule has 1 amide bonds. The summed E-state index contributed by atoms with van der Waals surface area (Å²) in [5, 5.41) is 3.46. The fourth-order valence-corrected chi connectivity index (χ4v) is 8.23. The third kappa shape index (κ3) is 4.78. The molecule has 3 rings (SSSR count). The van der Waals surface area contributed by atoms with Gasteiger partial charge in [-0.3, -0.25) is 4.79 Å². The Labute approximate surface area is 187 Å². The number of fused-ring (bicyclic) bond motifs is 3. The second-order valence-corrected chi connectivity index (χ2v) is 12.3. The summed E-state index contributed by atoms with van der Waals surface area (Å²) in [6, 6.07) is 0. The predicted molar refractivity (Wildman–Crippen MR) is 128 cm³/mol. The van der Waals surface area contributed by atoms with Gasteiger partial charge in [-0.2, -0.15) is 0 Å². The van der Waals surface area contributed by atoms with Gasteiger partial charge in [0, 0.05) is 12.5 Å². The first kappa shape index (κ1) is 24.1. The number of amides is 1. The van der Waals surface area contributed by atoms with E-state index in [0.717, 1.165) is 49.0 Å². The van der Waals surface area contributed by atoms with Gasteiger partial charge in [0.05, 0.1) is 0 Å². The van der Waals surface area contributed by atoms with Gasteiger partial charge in [-0.15, -0.1) is 0 Å². The summed E-state index contributed by atoms with van der Waals surface area (Å²) in [6.07, 6.45) is 15.7. The van der Waals surface area contributed by atoms with E-state index in [0.29, 0.717) is 11.3 Å². The summed E-state index contributed by atoms with van der Waals surface area (Å²) in [5.41, 5.74) is 0.778. The van der Waals surface area contributed by atoms with Crippen molar-refractivity contribution in [2.24, 2.45) is 46.3 Å². The zero-order valence-electron chi connectivity index (χ0n) is 21.1. The smallest absolute Gasteiger partial charge is 0.223 e. The first-order valence-electron chi connectivity index (χ1n) is 13.5. The molecule has 2 heteroatoms. The van der Waals surface area contributed by atoms with Crippen LogP contribution in [0, 0.1) is 46.3 Å². The van der Waals surface area contributed by atoms with Gasteiger partial charge in [-0.1, -0.05) is 60.8 Å². The lowest BCUT2D eigenvalue weighted by Gasteiger charge is -2.62. The fourth-order valence-electron chi connectivity index (χ4n) is 8.23. The zero-order chi connectivity index (χ0) is 21.9. The zero-order valence-corrected chi connectivity index (χ0v) is 21.1.